The van der Waals surface area contributed by atoms with Gasteiger partial charge < -0.3 is 9.32 Å². The van der Waals surface area contributed by atoms with Gasteiger partial charge in [-0.25, -0.2) is 0 Å². The van der Waals surface area contributed by atoms with Gasteiger partial charge in [0, 0.05) is 58.8 Å². The number of furan rings is 1. The van der Waals surface area contributed by atoms with Crippen LogP contribution in [0.4, 0.5) is 17.1 Å². The van der Waals surface area contributed by atoms with Crippen molar-refractivity contribution in [1.29, 1.82) is 0 Å². The van der Waals surface area contributed by atoms with Crippen molar-refractivity contribution < 1.29 is 4.42 Å². The molecule has 3 heteroatoms. The molecule has 12 rings (SSSR count). The molecule has 58 heavy (non-hydrogen) atoms. The maximum Gasteiger partial charge on any atom is 0.143 e. The maximum atomic E-state index is 6.73. The first-order chi connectivity index (χ1) is 28.5. The molecule has 0 radical (unpaired) electrons. The molecule has 2 nitrogen and oxygen atoms in total. The van der Waals surface area contributed by atoms with Gasteiger partial charge in [-0.3, -0.25) is 0 Å². The average molecular weight is 760 g/mol. The lowest BCUT2D eigenvalue weighted by Crippen LogP contribution is -2.16. The number of hydrogen-bond donors (Lipinski definition) is 0. The predicted octanol–water partition coefficient (Wildman–Crippen LogP) is 16.2. The summed E-state index contributed by atoms with van der Waals surface area (Å²) in [5.41, 5.74) is 15.3. The Labute approximate surface area is 340 Å². The van der Waals surface area contributed by atoms with E-state index in [1.807, 2.05) is 11.3 Å². The van der Waals surface area contributed by atoms with Gasteiger partial charge in [0.05, 0.1) is 0 Å². The van der Waals surface area contributed by atoms with Crippen LogP contribution in [-0.4, -0.2) is 0 Å². The van der Waals surface area contributed by atoms with E-state index in [2.05, 4.69) is 207 Å². The third-order valence-corrected chi connectivity index (χ3v) is 13.6. The molecule has 0 bridgehead atoms. The van der Waals surface area contributed by atoms with Gasteiger partial charge in [0.25, 0.3) is 0 Å². The summed E-state index contributed by atoms with van der Waals surface area (Å²) in [5, 5.41) is 7.23. The third-order valence-electron chi connectivity index (χ3n) is 12.5. The molecule has 0 aliphatic heterocycles. The van der Waals surface area contributed by atoms with Gasteiger partial charge in [-0.2, -0.15) is 0 Å². The summed E-state index contributed by atoms with van der Waals surface area (Å²) in [6.45, 7) is 4.71. The van der Waals surface area contributed by atoms with Crippen LogP contribution in [0.1, 0.15) is 25.0 Å². The van der Waals surface area contributed by atoms with Gasteiger partial charge in [0.2, 0.25) is 0 Å². The van der Waals surface area contributed by atoms with Crippen LogP contribution in [-0.2, 0) is 5.41 Å². The molecule has 0 N–H and O–H groups in total. The maximum absolute atomic E-state index is 6.73. The lowest BCUT2D eigenvalue weighted by atomic mass is 9.82. The number of thiophene rings is 1. The van der Waals surface area contributed by atoms with E-state index in [-0.39, 0.29) is 5.41 Å². The summed E-state index contributed by atoms with van der Waals surface area (Å²) in [7, 11) is 0. The van der Waals surface area contributed by atoms with Crippen LogP contribution >= 0.6 is 11.3 Å². The Hall–Kier alpha value is -6.94. The summed E-state index contributed by atoms with van der Waals surface area (Å²) in [5.74, 6) is 0. The van der Waals surface area contributed by atoms with Crippen molar-refractivity contribution in [1.82, 2.24) is 0 Å². The summed E-state index contributed by atoms with van der Waals surface area (Å²) in [4.78, 5) is 2.41. The van der Waals surface area contributed by atoms with E-state index in [1.54, 1.807) is 0 Å². The van der Waals surface area contributed by atoms with E-state index in [0.29, 0.717) is 0 Å². The average Bonchev–Trinajstić information content (AvgIpc) is 3.92. The molecule has 2 heterocycles. The standard InChI is InChI=1S/C55H37NOS/c1-55(2)47-17-9-6-14-40(47)41-29-28-39(32-48(41)55)56(37-24-20-35(21-25-37)34-12-4-3-5-13-34)38-26-22-36(23-27-38)46-33-51-52(45-16-8-11-19-50(45)58-51)53-43(46)30-31-44-42-15-7-10-18-49(42)57-54(44)53/h3-33H,1-2H3. The highest BCUT2D eigenvalue weighted by Crippen LogP contribution is 2.51. The van der Waals surface area contributed by atoms with Gasteiger partial charge in [-0.05, 0) is 111 Å². The predicted molar refractivity (Wildman–Crippen MR) is 247 cm³/mol. The quantitative estimate of drug-likeness (QED) is 0.174. The minimum atomic E-state index is -0.105. The Morgan fingerprint density at radius 1 is 0.414 bits per heavy atom. The Kier molecular flexibility index (Phi) is 7.18. The first-order valence-electron chi connectivity index (χ1n) is 20.0. The van der Waals surface area contributed by atoms with Crippen molar-refractivity contribution in [2.75, 3.05) is 4.90 Å². The van der Waals surface area contributed by atoms with E-state index in [1.165, 1.54) is 75.5 Å². The van der Waals surface area contributed by atoms with E-state index >= 15 is 0 Å². The van der Waals surface area contributed by atoms with Crippen LogP contribution in [0, 0.1) is 0 Å². The molecule has 0 atom stereocenters. The number of hydrogen-bond acceptors (Lipinski definition) is 3. The molecule has 274 valence electrons. The summed E-state index contributed by atoms with van der Waals surface area (Å²) in [6.07, 6.45) is 0. The molecule has 0 saturated heterocycles. The van der Waals surface area contributed by atoms with Crippen molar-refractivity contribution >= 4 is 81.3 Å². The number of para-hydroxylation sites is 1. The molecule has 9 aromatic carbocycles. The molecular weight excluding hydrogens is 723 g/mol. The number of rotatable bonds is 5. The highest BCUT2D eigenvalue weighted by molar-refractivity contribution is 7.26. The first kappa shape index (κ1) is 33.2. The molecule has 0 fully saturated rings. The molecule has 1 aliphatic rings. The summed E-state index contributed by atoms with van der Waals surface area (Å²) in [6, 6.07) is 68.8. The number of anilines is 3. The van der Waals surface area contributed by atoms with Gasteiger partial charge in [0.15, 0.2) is 0 Å². The molecule has 1 aliphatic carbocycles. The highest BCUT2D eigenvalue weighted by Gasteiger charge is 2.35. The van der Waals surface area contributed by atoms with Gasteiger partial charge in [-0.1, -0.05) is 141 Å². The lowest BCUT2D eigenvalue weighted by Gasteiger charge is -2.28. The van der Waals surface area contributed by atoms with Gasteiger partial charge in [0.1, 0.15) is 11.2 Å². The van der Waals surface area contributed by atoms with Gasteiger partial charge >= 0.3 is 0 Å². The van der Waals surface area contributed by atoms with Crippen molar-refractivity contribution in [3.05, 3.63) is 199 Å². The van der Waals surface area contributed by atoms with Crippen LogP contribution in [0.3, 0.4) is 0 Å². The summed E-state index contributed by atoms with van der Waals surface area (Å²) >= 11 is 1.86. The molecular formula is C55H37NOS. The Bertz CT molecular complexity index is 3410. The van der Waals surface area contributed by atoms with Gasteiger partial charge in [-0.15, -0.1) is 11.3 Å². The van der Waals surface area contributed by atoms with Crippen molar-refractivity contribution in [3.63, 3.8) is 0 Å². The molecule has 2 aromatic heterocycles. The number of nitrogens with zero attached hydrogens (tertiary/aromatic N) is 1. The van der Waals surface area contributed by atoms with Crippen LogP contribution in [0.25, 0.3) is 86.3 Å². The second-order valence-electron chi connectivity index (χ2n) is 16.1. The van der Waals surface area contributed by atoms with E-state index in [4.69, 9.17) is 4.42 Å². The second-order valence-corrected chi connectivity index (χ2v) is 17.1. The normalized spacial score (nSPS) is 13.1. The highest BCUT2D eigenvalue weighted by atomic mass is 32.1. The zero-order chi connectivity index (χ0) is 38.5. The molecule has 0 spiro atoms. The Morgan fingerprint density at radius 3 is 1.84 bits per heavy atom. The molecule has 11 aromatic rings. The zero-order valence-electron chi connectivity index (χ0n) is 32.2. The van der Waals surface area contributed by atoms with E-state index in [0.717, 1.165) is 39.0 Å². The largest absolute Gasteiger partial charge is 0.455 e. The fraction of sp³-hybridized carbons (Fsp3) is 0.0545. The van der Waals surface area contributed by atoms with Crippen LogP contribution in [0.5, 0.6) is 0 Å². The minimum Gasteiger partial charge on any atom is -0.455 e. The minimum absolute atomic E-state index is 0.105. The number of fused-ring (bicyclic) bond motifs is 12. The lowest BCUT2D eigenvalue weighted by molar-refractivity contribution is 0.660. The second kappa shape index (κ2) is 12.5. The smallest absolute Gasteiger partial charge is 0.143 e. The van der Waals surface area contributed by atoms with Crippen molar-refractivity contribution in [2.45, 2.75) is 19.3 Å². The van der Waals surface area contributed by atoms with Crippen LogP contribution in [0.2, 0.25) is 0 Å². The Morgan fingerprint density at radius 2 is 1.03 bits per heavy atom. The monoisotopic (exact) mass is 759 g/mol. The molecule has 0 amide bonds. The zero-order valence-corrected chi connectivity index (χ0v) is 33.0. The SMILES string of the molecule is CC1(C)c2ccccc2-c2ccc(N(c3ccc(-c4ccccc4)cc3)c3ccc(-c4cc5sc6ccccc6c5c5c4ccc4c6ccccc6oc45)cc3)cc21. The van der Waals surface area contributed by atoms with Crippen LogP contribution < -0.4 is 4.90 Å². The fourth-order valence-electron chi connectivity index (χ4n) is 9.64. The first-order valence-corrected chi connectivity index (χ1v) is 20.8. The third kappa shape index (κ3) is 4.90. The molecule has 0 unspecified atom stereocenters. The fourth-order valence-corrected chi connectivity index (χ4v) is 10.8. The van der Waals surface area contributed by atoms with Crippen LogP contribution in [0.15, 0.2) is 192 Å². The topological polar surface area (TPSA) is 16.4 Å². The Balaban J connectivity index is 1.03. The van der Waals surface area contributed by atoms with Crippen molar-refractivity contribution in [3.8, 4) is 33.4 Å². The van der Waals surface area contributed by atoms with Crippen molar-refractivity contribution in [2.24, 2.45) is 0 Å². The molecule has 0 saturated carbocycles. The number of benzene rings is 9. The summed E-state index contributed by atoms with van der Waals surface area (Å²) < 4.78 is 9.29. The van der Waals surface area contributed by atoms with E-state index in [9.17, 15) is 0 Å². The van der Waals surface area contributed by atoms with E-state index < -0.39 is 0 Å².